The van der Waals surface area contributed by atoms with Gasteiger partial charge < -0.3 is 5.11 Å². The Morgan fingerprint density at radius 2 is 2.19 bits per heavy atom. The highest BCUT2D eigenvalue weighted by molar-refractivity contribution is 5.67. The summed E-state index contributed by atoms with van der Waals surface area (Å²) >= 11 is 0. The molecular formula is C13H13NO2. The predicted molar refractivity (Wildman–Crippen MR) is 61.7 cm³/mol. The zero-order valence-corrected chi connectivity index (χ0v) is 8.89. The number of rotatable bonds is 5. The molecule has 0 heterocycles. The van der Waals surface area contributed by atoms with Crippen LogP contribution in [0.15, 0.2) is 30.3 Å². The van der Waals surface area contributed by atoms with E-state index >= 15 is 0 Å². The van der Waals surface area contributed by atoms with Gasteiger partial charge in [0.15, 0.2) is 0 Å². The van der Waals surface area contributed by atoms with Crippen molar-refractivity contribution in [3.8, 4) is 6.07 Å². The molecule has 0 spiro atoms. The first kappa shape index (κ1) is 12.0. The molecule has 0 aromatic heterocycles. The van der Waals surface area contributed by atoms with Crippen LogP contribution in [-0.2, 0) is 11.2 Å². The Labute approximate surface area is 94.6 Å². The largest absolute Gasteiger partial charge is 0.481 e. The smallest absolute Gasteiger partial charge is 0.303 e. The van der Waals surface area contributed by atoms with Crippen molar-refractivity contribution in [2.75, 3.05) is 0 Å². The number of aryl methyl sites for hydroxylation is 1. The molecule has 3 heteroatoms. The molecule has 1 aromatic rings. The highest BCUT2D eigenvalue weighted by Crippen LogP contribution is 2.13. The lowest BCUT2D eigenvalue weighted by Crippen LogP contribution is -1.98. The van der Waals surface area contributed by atoms with E-state index in [1.54, 1.807) is 6.08 Å². The standard InChI is InChI=1S/C13H13NO2/c14-10-4-3-7-11-5-1-2-6-12(11)8-9-13(15)16/h1-3,5-7H,4,8-9H2,(H,15,16). The first-order valence-electron chi connectivity index (χ1n) is 5.07. The fourth-order valence-electron chi connectivity index (χ4n) is 1.40. The minimum Gasteiger partial charge on any atom is -0.481 e. The van der Waals surface area contributed by atoms with Crippen LogP contribution in [0.25, 0.3) is 6.08 Å². The second-order valence-corrected chi connectivity index (χ2v) is 3.36. The Kier molecular flexibility index (Phi) is 4.81. The van der Waals surface area contributed by atoms with E-state index in [4.69, 9.17) is 10.4 Å². The van der Waals surface area contributed by atoms with Crippen LogP contribution in [0.2, 0.25) is 0 Å². The molecule has 1 N–H and O–H groups in total. The third-order valence-electron chi connectivity index (χ3n) is 2.17. The van der Waals surface area contributed by atoms with Crippen LogP contribution in [0.5, 0.6) is 0 Å². The average molecular weight is 215 g/mol. The number of carboxylic acids is 1. The van der Waals surface area contributed by atoms with E-state index in [-0.39, 0.29) is 6.42 Å². The summed E-state index contributed by atoms with van der Waals surface area (Å²) in [6.45, 7) is 0. The summed E-state index contributed by atoms with van der Waals surface area (Å²) < 4.78 is 0. The summed E-state index contributed by atoms with van der Waals surface area (Å²) in [5, 5.41) is 17.0. The van der Waals surface area contributed by atoms with Gasteiger partial charge in [-0.2, -0.15) is 5.26 Å². The second-order valence-electron chi connectivity index (χ2n) is 3.36. The van der Waals surface area contributed by atoms with Crippen LogP contribution in [0, 0.1) is 11.3 Å². The summed E-state index contributed by atoms with van der Waals surface area (Å²) in [4.78, 5) is 10.5. The van der Waals surface area contributed by atoms with Crippen molar-refractivity contribution in [1.82, 2.24) is 0 Å². The van der Waals surface area contributed by atoms with Crippen LogP contribution in [0.4, 0.5) is 0 Å². The van der Waals surface area contributed by atoms with Gasteiger partial charge in [0.2, 0.25) is 0 Å². The summed E-state index contributed by atoms with van der Waals surface area (Å²) in [6, 6.07) is 9.65. The zero-order chi connectivity index (χ0) is 11.8. The number of nitrogens with zero attached hydrogens (tertiary/aromatic N) is 1. The first-order chi connectivity index (χ1) is 7.74. The molecule has 0 fully saturated rings. The summed E-state index contributed by atoms with van der Waals surface area (Å²) in [5.41, 5.74) is 1.98. The van der Waals surface area contributed by atoms with E-state index in [1.807, 2.05) is 36.4 Å². The van der Waals surface area contributed by atoms with Gasteiger partial charge in [0.05, 0.1) is 12.5 Å². The number of benzene rings is 1. The molecule has 1 aromatic carbocycles. The predicted octanol–water partition coefficient (Wildman–Crippen LogP) is 2.63. The second kappa shape index (κ2) is 6.41. The molecule has 0 bridgehead atoms. The Morgan fingerprint density at radius 3 is 2.88 bits per heavy atom. The number of aliphatic carboxylic acids is 1. The van der Waals surface area contributed by atoms with Crippen molar-refractivity contribution in [2.45, 2.75) is 19.3 Å². The molecule has 0 aliphatic carbocycles. The molecule has 0 amide bonds. The van der Waals surface area contributed by atoms with E-state index in [0.717, 1.165) is 11.1 Å². The number of nitriles is 1. The molecule has 0 atom stereocenters. The molecule has 0 aliphatic rings. The minimum absolute atomic E-state index is 0.128. The molecule has 0 saturated carbocycles. The van der Waals surface area contributed by atoms with Gasteiger partial charge >= 0.3 is 5.97 Å². The van der Waals surface area contributed by atoms with E-state index in [1.165, 1.54) is 0 Å². The highest BCUT2D eigenvalue weighted by Gasteiger charge is 2.01. The summed E-state index contributed by atoms with van der Waals surface area (Å²) in [7, 11) is 0. The van der Waals surface area contributed by atoms with Crippen LogP contribution in [0.3, 0.4) is 0 Å². The molecule has 0 saturated heterocycles. The Bertz CT molecular complexity index is 430. The molecule has 0 radical (unpaired) electrons. The Hall–Kier alpha value is -2.08. The third kappa shape index (κ3) is 3.97. The van der Waals surface area contributed by atoms with Crippen LogP contribution >= 0.6 is 0 Å². The lowest BCUT2D eigenvalue weighted by molar-refractivity contribution is -0.136. The van der Waals surface area contributed by atoms with Gasteiger partial charge in [-0.05, 0) is 17.5 Å². The third-order valence-corrected chi connectivity index (χ3v) is 2.17. The van der Waals surface area contributed by atoms with Crippen molar-refractivity contribution in [3.05, 3.63) is 41.5 Å². The number of carbonyl (C=O) groups is 1. The molecule has 3 nitrogen and oxygen atoms in total. The van der Waals surface area contributed by atoms with Crippen LogP contribution in [-0.4, -0.2) is 11.1 Å². The summed E-state index contributed by atoms with van der Waals surface area (Å²) in [5.74, 6) is -0.796. The zero-order valence-electron chi connectivity index (χ0n) is 8.89. The number of carboxylic acid groups (broad SMARTS) is 1. The Balaban J connectivity index is 2.75. The van der Waals surface area contributed by atoms with Crippen molar-refractivity contribution in [3.63, 3.8) is 0 Å². The van der Waals surface area contributed by atoms with Gasteiger partial charge in [-0.15, -0.1) is 0 Å². The quantitative estimate of drug-likeness (QED) is 0.821. The maximum atomic E-state index is 10.5. The van der Waals surface area contributed by atoms with Crippen LogP contribution < -0.4 is 0 Å². The monoisotopic (exact) mass is 215 g/mol. The fourth-order valence-corrected chi connectivity index (χ4v) is 1.40. The lowest BCUT2D eigenvalue weighted by Gasteiger charge is -2.03. The van der Waals surface area contributed by atoms with Crippen LogP contribution in [0.1, 0.15) is 24.0 Å². The van der Waals surface area contributed by atoms with Crippen molar-refractivity contribution < 1.29 is 9.90 Å². The maximum absolute atomic E-state index is 10.5. The van der Waals surface area contributed by atoms with Gasteiger partial charge in [-0.3, -0.25) is 4.79 Å². The van der Waals surface area contributed by atoms with E-state index < -0.39 is 5.97 Å². The molecule has 1 rings (SSSR count). The highest BCUT2D eigenvalue weighted by atomic mass is 16.4. The normalized spacial score (nSPS) is 10.2. The van der Waals surface area contributed by atoms with Crippen molar-refractivity contribution in [1.29, 1.82) is 5.26 Å². The van der Waals surface area contributed by atoms with Crippen molar-refractivity contribution >= 4 is 12.0 Å². The number of allylic oxidation sites excluding steroid dienone is 1. The van der Waals surface area contributed by atoms with Crippen molar-refractivity contribution in [2.24, 2.45) is 0 Å². The Morgan fingerprint density at radius 1 is 1.44 bits per heavy atom. The van der Waals surface area contributed by atoms with E-state index in [0.29, 0.717) is 12.8 Å². The topological polar surface area (TPSA) is 61.1 Å². The molecule has 0 unspecified atom stereocenters. The van der Waals surface area contributed by atoms with Gasteiger partial charge in [-0.1, -0.05) is 36.4 Å². The SMILES string of the molecule is N#CCC=Cc1ccccc1CCC(=O)O. The van der Waals surface area contributed by atoms with Gasteiger partial charge in [0.1, 0.15) is 0 Å². The van der Waals surface area contributed by atoms with Gasteiger partial charge in [0.25, 0.3) is 0 Å². The number of hydrogen-bond donors (Lipinski definition) is 1. The van der Waals surface area contributed by atoms with E-state index in [2.05, 4.69) is 0 Å². The fraction of sp³-hybridized carbons (Fsp3) is 0.231. The molecular weight excluding hydrogens is 202 g/mol. The molecule has 82 valence electrons. The average Bonchev–Trinajstić information content (AvgIpc) is 2.28. The number of hydrogen-bond acceptors (Lipinski definition) is 2. The maximum Gasteiger partial charge on any atom is 0.303 e. The molecule has 16 heavy (non-hydrogen) atoms. The van der Waals surface area contributed by atoms with Gasteiger partial charge in [-0.25, -0.2) is 0 Å². The molecule has 0 aliphatic heterocycles. The lowest BCUT2D eigenvalue weighted by atomic mass is 10.0. The first-order valence-corrected chi connectivity index (χ1v) is 5.07. The van der Waals surface area contributed by atoms with E-state index in [9.17, 15) is 4.79 Å². The summed E-state index contributed by atoms with van der Waals surface area (Å²) in [6.07, 6.45) is 4.65. The minimum atomic E-state index is -0.796. The van der Waals surface area contributed by atoms with Gasteiger partial charge in [0, 0.05) is 6.42 Å².